The van der Waals surface area contributed by atoms with Crippen LogP contribution in [0.3, 0.4) is 0 Å². The Morgan fingerprint density at radius 1 is 0.952 bits per heavy atom. The predicted octanol–water partition coefficient (Wildman–Crippen LogP) is 4.80. The molecular formula is C17H24O4. The minimum Gasteiger partial charge on any atom is -0.286 e. The fourth-order valence-corrected chi connectivity index (χ4v) is 3.11. The van der Waals surface area contributed by atoms with E-state index in [2.05, 4.69) is 48.5 Å². The second-order valence-corrected chi connectivity index (χ2v) is 8.24. The molecule has 0 amide bonds. The van der Waals surface area contributed by atoms with Crippen LogP contribution in [0.4, 0.5) is 0 Å². The molecule has 0 aliphatic carbocycles. The lowest BCUT2D eigenvalue weighted by molar-refractivity contribution is -0.474. The van der Waals surface area contributed by atoms with Crippen molar-refractivity contribution in [1.82, 2.24) is 0 Å². The molecule has 4 heteroatoms. The Morgan fingerprint density at radius 3 is 1.86 bits per heavy atom. The lowest BCUT2D eigenvalue weighted by atomic mass is 9.70. The number of benzene rings is 1. The zero-order valence-electron chi connectivity index (χ0n) is 13.9. The highest BCUT2D eigenvalue weighted by Crippen LogP contribution is 2.47. The number of rotatable bonds is 1. The minimum absolute atomic E-state index is 0.0338. The zero-order valence-corrected chi connectivity index (χ0v) is 13.9. The molecule has 0 saturated carbocycles. The molecule has 4 nitrogen and oxygen atoms in total. The van der Waals surface area contributed by atoms with Gasteiger partial charge in [-0.1, -0.05) is 41.5 Å². The van der Waals surface area contributed by atoms with Crippen LogP contribution in [0.2, 0.25) is 0 Å². The molecule has 1 fully saturated rings. The van der Waals surface area contributed by atoms with Crippen molar-refractivity contribution in [3.8, 4) is 0 Å². The Morgan fingerprint density at radius 2 is 1.52 bits per heavy atom. The van der Waals surface area contributed by atoms with E-state index in [0.29, 0.717) is 6.61 Å². The van der Waals surface area contributed by atoms with Gasteiger partial charge < -0.3 is 0 Å². The van der Waals surface area contributed by atoms with Crippen LogP contribution in [-0.4, -0.2) is 6.61 Å². The molecule has 0 bridgehead atoms. The third-order valence-corrected chi connectivity index (χ3v) is 4.11. The van der Waals surface area contributed by atoms with Gasteiger partial charge >= 0.3 is 0 Å². The Balaban J connectivity index is 2.38. The van der Waals surface area contributed by atoms with Crippen molar-refractivity contribution >= 4 is 11.2 Å². The van der Waals surface area contributed by atoms with Gasteiger partial charge in [0.05, 0.1) is 0 Å². The zero-order chi connectivity index (χ0) is 15.6. The first-order valence-corrected chi connectivity index (χ1v) is 7.42. The second kappa shape index (κ2) is 4.14. The van der Waals surface area contributed by atoms with Gasteiger partial charge in [0.15, 0.2) is 5.60 Å². The minimum atomic E-state index is -0.420. The molecular weight excluding hydrogens is 268 g/mol. The third kappa shape index (κ3) is 2.12. The van der Waals surface area contributed by atoms with E-state index in [0.717, 1.165) is 16.7 Å². The predicted molar refractivity (Wildman–Crippen MR) is 80.3 cm³/mol. The molecule has 0 spiro atoms. The molecule has 116 valence electrons. The van der Waals surface area contributed by atoms with Crippen LogP contribution >= 0.6 is 0 Å². The molecule has 3 rings (SSSR count). The molecule has 2 heterocycles. The van der Waals surface area contributed by atoms with Crippen LogP contribution in [0.5, 0.6) is 0 Å². The Kier molecular flexibility index (Phi) is 2.89. The summed E-state index contributed by atoms with van der Waals surface area (Å²) in [6, 6.07) is 2.04. The normalized spacial score (nSPS) is 23.6. The van der Waals surface area contributed by atoms with Crippen molar-refractivity contribution in [1.29, 1.82) is 0 Å². The summed E-state index contributed by atoms with van der Waals surface area (Å²) >= 11 is 0. The van der Waals surface area contributed by atoms with Gasteiger partial charge in [-0.2, -0.15) is 0 Å². The first-order chi connectivity index (χ1) is 9.54. The summed E-state index contributed by atoms with van der Waals surface area (Å²) < 4.78 is 10.5. The standard InChI is InChI=1S/C17H24O4/c1-15(2,3)12-10(17(7)9-18-21-17)8-11-14(20-19-11)13(12)16(4,5)6/h8H,9H2,1-7H3. The lowest BCUT2D eigenvalue weighted by Crippen LogP contribution is -2.44. The third-order valence-electron chi connectivity index (χ3n) is 4.11. The van der Waals surface area contributed by atoms with E-state index in [9.17, 15) is 0 Å². The van der Waals surface area contributed by atoms with Crippen molar-refractivity contribution in [3.63, 3.8) is 0 Å². The molecule has 1 aromatic carbocycles. The summed E-state index contributed by atoms with van der Waals surface area (Å²) in [5.74, 6) is 0. The van der Waals surface area contributed by atoms with E-state index in [1.165, 1.54) is 11.1 Å². The summed E-state index contributed by atoms with van der Waals surface area (Å²) in [4.78, 5) is 10.4. The van der Waals surface area contributed by atoms with E-state index >= 15 is 0 Å². The van der Waals surface area contributed by atoms with E-state index in [4.69, 9.17) is 18.9 Å². The fourth-order valence-electron chi connectivity index (χ4n) is 3.11. The molecule has 1 aliphatic heterocycles. The molecule has 1 aliphatic rings. The van der Waals surface area contributed by atoms with Gasteiger partial charge in [-0.25, -0.2) is 9.78 Å². The van der Waals surface area contributed by atoms with Crippen molar-refractivity contribution < 1.29 is 18.9 Å². The van der Waals surface area contributed by atoms with E-state index in [1.807, 2.05) is 6.07 Å². The van der Waals surface area contributed by atoms with Gasteiger partial charge in [0.25, 0.3) is 0 Å². The van der Waals surface area contributed by atoms with Gasteiger partial charge in [0.1, 0.15) is 6.61 Å². The number of hydrogen-bond donors (Lipinski definition) is 0. The van der Waals surface area contributed by atoms with Crippen LogP contribution in [0.1, 0.15) is 65.2 Å². The molecule has 1 atom stereocenters. The number of fused-ring (bicyclic) bond motifs is 1. The Bertz CT molecular complexity index is 672. The van der Waals surface area contributed by atoms with Crippen LogP contribution in [0.15, 0.2) is 15.2 Å². The summed E-state index contributed by atoms with van der Waals surface area (Å²) in [5.41, 5.74) is 4.75. The van der Waals surface area contributed by atoms with E-state index in [-0.39, 0.29) is 10.8 Å². The summed E-state index contributed by atoms with van der Waals surface area (Å²) in [6.07, 6.45) is 0. The summed E-state index contributed by atoms with van der Waals surface area (Å²) in [5, 5.41) is 0. The maximum absolute atomic E-state index is 5.43. The molecule has 2 aromatic rings. The highest BCUT2D eigenvalue weighted by Gasteiger charge is 2.45. The quantitative estimate of drug-likeness (QED) is 0.708. The van der Waals surface area contributed by atoms with Crippen LogP contribution < -0.4 is 0 Å². The molecule has 0 radical (unpaired) electrons. The second-order valence-electron chi connectivity index (χ2n) is 8.24. The van der Waals surface area contributed by atoms with Crippen molar-refractivity contribution in [2.24, 2.45) is 0 Å². The largest absolute Gasteiger partial charge is 0.286 e. The van der Waals surface area contributed by atoms with Crippen LogP contribution in [0.25, 0.3) is 11.2 Å². The summed E-state index contributed by atoms with van der Waals surface area (Å²) in [7, 11) is 0. The van der Waals surface area contributed by atoms with Gasteiger partial charge in [-0.05, 0) is 34.9 Å². The smallest absolute Gasteiger partial charge is 0.229 e. The first-order valence-electron chi connectivity index (χ1n) is 7.42. The van der Waals surface area contributed by atoms with Crippen molar-refractivity contribution in [2.45, 2.75) is 64.9 Å². The molecule has 0 N–H and O–H groups in total. The lowest BCUT2D eigenvalue weighted by Gasteiger charge is -2.42. The van der Waals surface area contributed by atoms with E-state index in [1.54, 1.807) is 0 Å². The highest BCUT2D eigenvalue weighted by atomic mass is 17.2. The van der Waals surface area contributed by atoms with E-state index < -0.39 is 5.60 Å². The summed E-state index contributed by atoms with van der Waals surface area (Å²) in [6.45, 7) is 15.9. The number of hydrogen-bond acceptors (Lipinski definition) is 4. The van der Waals surface area contributed by atoms with Gasteiger partial charge in [0.2, 0.25) is 11.2 Å². The van der Waals surface area contributed by atoms with Gasteiger partial charge in [-0.3, -0.25) is 9.15 Å². The molecule has 1 unspecified atom stereocenters. The average Bonchev–Trinajstić information content (AvgIpc) is 2.23. The van der Waals surface area contributed by atoms with Crippen LogP contribution in [-0.2, 0) is 26.2 Å². The SMILES string of the molecule is CC(C)(C)c1c(C2(C)COO2)cc2ooc2c1C(C)(C)C. The maximum atomic E-state index is 5.43. The maximum Gasteiger partial charge on any atom is 0.229 e. The molecule has 21 heavy (non-hydrogen) atoms. The van der Waals surface area contributed by atoms with Crippen molar-refractivity contribution in [3.05, 3.63) is 22.8 Å². The van der Waals surface area contributed by atoms with Crippen LogP contribution in [0, 0.1) is 0 Å². The van der Waals surface area contributed by atoms with Gasteiger partial charge in [0, 0.05) is 5.56 Å². The first kappa shape index (κ1) is 14.7. The fraction of sp³-hybridized carbons (Fsp3) is 0.647. The Hall–Kier alpha value is -1.26. The molecule has 1 aromatic heterocycles. The monoisotopic (exact) mass is 292 g/mol. The Labute approximate surface area is 125 Å². The average molecular weight is 292 g/mol. The van der Waals surface area contributed by atoms with Gasteiger partial charge in [-0.15, -0.1) is 0 Å². The highest BCUT2D eigenvalue weighted by molar-refractivity contribution is 5.80. The topological polar surface area (TPSA) is 44.7 Å². The van der Waals surface area contributed by atoms with Crippen molar-refractivity contribution in [2.75, 3.05) is 6.61 Å². The molecule has 1 saturated heterocycles.